The molecule has 2 unspecified atom stereocenters. The maximum absolute atomic E-state index is 9.16. The van der Waals surface area contributed by atoms with Crippen molar-refractivity contribution in [2.75, 3.05) is 12.3 Å². The Bertz CT molecular complexity index is 618. The average Bonchev–Trinajstić information content (AvgIpc) is 2.93. The summed E-state index contributed by atoms with van der Waals surface area (Å²) in [6.45, 7) is 2.05. The summed E-state index contributed by atoms with van der Waals surface area (Å²) < 4.78 is 1.99. The number of imidazole rings is 1. The lowest BCUT2D eigenvalue weighted by molar-refractivity contribution is 0.244. The molecule has 0 radical (unpaired) electrons. The molecule has 0 bridgehead atoms. The first-order chi connectivity index (χ1) is 8.69. The molecule has 0 aliphatic heterocycles. The molecule has 0 aromatic carbocycles. The number of hydrogen-bond donors (Lipinski definition) is 2. The highest BCUT2D eigenvalue weighted by Gasteiger charge is 2.22. The van der Waals surface area contributed by atoms with Gasteiger partial charge in [-0.15, -0.1) is 0 Å². The molecule has 18 heavy (non-hydrogen) atoms. The summed E-state index contributed by atoms with van der Waals surface area (Å²) in [5.41, 5.74) is 8.01. The van der Waals surface area contributed by atoms with Crippen molar-refractivity contribution in [1.29, 1.82) is 0 Å². The van der Waals surface area contributed by atoms with E-state index in [0.717, 1.165) is 23.3 Å². The number of rotatable bonds is 2. The van der Waals surface area contributed by atoms with Crippen LogP contribution in [0.3, 0.4) is 0 Å². The Morgan fingerprint density at radius 2 is 2.28 bits per heavy atom. The normalized spacial score (nSPS) is 23.0. The minimum Gasteiger partial charge on any atom is -0.396 e. The summed E-state index contributed by atoms with van der Waals surface area (Å²) in [5, 5.41) is 9.16. The second kappa shape index (κ2) is 4.06. The second-order valence-electron chi connectivity index (χ2n) is 4.62. The third-order valence-electron chi connectivity index (χ3n) is 3.35. The minimum absolute atomic E-state index is 0.176. The van der Waals surface area contributed by atoms with Gasteiger partial charge in [0.25, 0.3) is 0 Å². The van der Waals surface area contributed by atoms with Gasteiger partial charge in [0.2, 0.25) is 5.95 Å². The molecule has 0 saturated carbocycles. The Morgan fingerprint density at radius 3 is 3.00 bits per heavy atom. The molecule has 0 fully saturated rings. The molecule has 2 heterocycles. The van der Waals surface area contributed by atoms with Gasteiger partial charge in [0, 0.05) is 12.5 Å². The molecule has 3 N–H and O–H groups in total. The summed E-state index contributed by atoms with van der Waals surface area (Å²) in [6, 6.07) is 0.181. The Kier molecular flexibility index (Phi) is 2.52. The van der Waals surface area contributed by atoms with Crippen LogP contribution in [0.1, 0.15) is 18.2 Å². The average molecular weight is 245 g/mol. The Hall–Kier alpha value is -1.95. The number of hydrogen-bond acceptors (Lipinski definition) is 5. The molecule has 0 amide bonds. The van der Waals surface area contributed by atoms with Gasteiger partial charge in [0.05, 0.1) is 18.1 Å². The molecule has 94 valence electrons. The van der Waals surface area contributed by atoms with Gasteiger partial charge in [-0.25, -0.2) is 9.97 Å². The van der Waals surface area contributed by atoms with Crippen LogP contribution in [0.15, 0.2) is 18.5 Å². The van der Waals surface area contributed by atoms with Gasteiger partial charge >= 0.3 is 0 Å². The number of anilines is 1. The molecule has 6 heteroatoms. The number of nitrogens with zero attached hydrogens (tertiary/aromatic N) is 4. The van der Waals surface area contributed by atoms with E-state index in [1.807, 2.05) is 17.6 Å². The predicted octanol–water partition coefficient (Wildman–Crippen LogP) is 0.826. The van der Waals surface area contributed by atoms with Crippen molar-refractivity contribution in [2.24, 2.45) is 5.92 Å². The zero-order chi connectivity index (χ0) is 12.7. The quantitative estimate of drug-likeness (QED) is 0.765. The van der Waals surface area contributed by atoms with Crippen molar-refractivity contribution in [3.63, 3.8) is 0 Å². The fraction of sp³-hybridized carbons (Fsp3) is 0.417. The highest BCUT2D eigenvalue weighted by molar-refractivity contribution is 5.74. The molecule has 2 atom stereocenters. The number of aromatic nitrogens is 4. The van der Waals surface area contributed by atoms with Gasteiger partial charge in [-0.05, 0) is 13.3 Å². The van der Waals surface area contributed by atoms with Crippen LogP contribution in [0, 0.1) is 12.8 Å². The monoisotopic (exact) mass is 245 g/mol. The number of nitrogens with two attached hydrogens (primary N) is 1. The van der Waals surface area contributed by atoms with Crippen LogP contribution in [0.4, 0.5) is 5.95 Å². The first kappa shape index (κ1) is 11.2. The van der Waals surface area contributed by atoms with E-state index in [0.29, 0.717) is 0 Å². The summed E-state index contributed by atoms with van der Waals surface area (Å²) in [4.78, 5) is 12.7. The van der Waals surface area contributed by atoms with Crippen LogP contribution in [0.2, 0.25) is 0 Å². The minimum atomic E-state index is 0.176. The maximum atomic E-state index is 9.16. The summed E-state index contributed by atoms with van der Waals surface area (Å²) >= 11 is 0. The van der Waals surface area contributed by atoms with Crippen LogP contribution in [0.25, 0.3) is 11.2 Å². The van der Waals surface area contributed by atoms with E-state index >= 15 is 0 Å². The molecule has 3 rings (SSSR count). The summed E-state index contributed by atoms with van der Waals surface area (Å²) in [6.07, 6.45) is 6.75. The molecule has 0 spiro atoms. The lowest BCUT2D eigenvalue weighted by Crippen LogP contribution is -2.08. The van der Waals surface area contributed by atoms with E-state index in [1.165, 1.54) is 0 Å². The van der Waals surface area contributed by atoms with Crippen molar-refractivity contribution < 1.29 is 5.11 Å². The van der Waals surface area contributed by atoms with Crippen molar-refractivity contribution in [1.82, 2.24) is 19.5 Å². The molecule has 1 aliphatic carbocycles. The second-order valence-corrected chi connectivity index (χ2v) is 4.62. The van der Waals surface area contributed by atoms with Crippen molar-refractivity contribution in [3.05, 3.63) is 24.2 Å². The lowest BCUT2D eigenvalue weighted by Gasteiger charge is -2.12. The fourth-order valence-electron chi connectivity index (χ4n) is 2.42. The lowest BCUT2D eigenvalue weighted by atomic mass is 10.1. The molecule has 2 aromatic rings. The van der Waals surface area contributed by atoms with Gasteiger partial charge in [0.1, 0.15) is 5.52 Å². The maximum Gasteiger partial charge on any atom is 0.222 e. The van der Waals surface area contributed by atoms with Crippen molar-refractivity contribution >= 4 is 17.1 Å². The van der Waals surface area contributed by atoms with Gasteiger partial charge in [-0.3, -0.25) is 0 Å². The zero-order valence-corrected chi connectivity index (χ0v) is 10.1. The van der Waals surface area contributed by atoms with Crippen LogP contribution < -0.4 is 5.73 Å². The van der Waals surface area contributed by atoms with Gasteiger partial charge in [0.15, 0.2) is 5.65 Å². The highest BCUT2D eigenvalue weighted by atomic mass is 16.3. The van der Waals surface area contributed by atoms with Crippen LogP contribution >= 0.6 is 0 Å². The van der Waals surface area contributed by atoms with E-state index in [1.54, 1.807) is 6.33 Å². The van der Waals surface area contributed by atoms with E-state index in [4.69, 9.17) is 10.8 Å². The highest BCUT2D eigenvalue weighted by Crippen LogP contribution is 2.30. The number of aliphatic hydroxyl groups is 1. The zero-order valence-electron chi connectivity index (χ0n) is 10.1. The third-order valence-corrected chi connectivity index (χ3v) is 3.35. The summed E-state index contributed by atoms with van der Waals surface area (Å²) in [7, 11) is 0. The van der Waals surface area contributed by atoms with Gasteiger partial charge in [-0.2, -0.15) is 4.98 Å². The first-order valence-corrected chi connectivity index (χ1v) is 5.95. The fourth-order valence-corrected chi connectivity index (χ4v) is 2.42. The number of fused-ring (bicyclic) bond motifs is 1. The standard InChI is InChI=1S/C12H15N5O/c1-7-10-11(16-12(13)15-7)17(6-14-10)9-3-2-8(4-9)5-18/h2-3,6,8-9,18H,4-5H2,1H3,(H2,13,15,16). The molecule has 6 nitrogen and oxygen atoms in total. The molecular formula is C12H15N5O. The van der Waals surface area contributed by atoms with Gasteiger partial charge in [-0.1, -0.05) is 12.2 Å². The Morgan fingerprint density at radius 1 is 1.44 bits per heavy atom. The third kappa shape index (κ3) is 1.65. The first-order valence-electron chi connectivity index (χ1n) is 5.95. The number of aryl methyl sites for hydroxylation is 1. The topological polar surface area (TPSA) is 89.9 Å². The predicted molar refractivity (Wildman–Crippen MR) is 67.8 cm³/mol. The Balaban J connectivity index is 2.06. The molecule has 0 saturated heterocycles. The van der Waals surface area contributed by atoms with E-state index < -0.39 is 0 Å². The van der Waals surface area contributed by atoms with E-state index in [-0.39, 0.29) is 24.5 Å². The summed E-state index contributed by atoms with van der Waals surface area (Å²) in [5.74, 6) is 0.482. The molecule has 2 aromatic heterocycles. The van der Waals surface area contributed by atoms with Crippen molar-refractivity contribution in [3.8, 4) is 0 Å². The molecule has 1 aliphatic rings. The van der Waals surface area contributed by atoms with Crippen LogP contribution in [0.5, 0.6) is 0 Å². The largest absolute Gasteiger partial charge is 0.396 e. The number of nitrogen functional groups attached to an aromatic ring is 1. The van der Waals surface area contributed by atoms with Crippen LogP contribution in [-0.2, 0) is 0 Å². The van der Waals surface area contributed by atoms with Crippen molar-refractivity contribution in [2.45, 2.75) is 19.4 Å². The molecular weight excluding hydrogens is 230 g/mol. The van der Waals surface area contributed by atoms with Crippen LogP contribution in [-0.4, -0.2) is 31.2 Å². The smallest absolute Gasteiger partial charge is 0.222 e. The number of aliphatic hydroxyl groups excluding tert-OH is 1. The van der Waals surface area contributed by atoms with E-state index in [2.05, 4.69) is 21.0 Å². The SMILES string of the molecule is Cc1nc(N)nc2c1ncn2C1C=CC(CO)C1. The van der Waals surface area contributed by atoms with Gasteiger partial charge < -0.3 is 15.4 Å². The number of allylic oxidation sites excluding steroid dienone is 1. The van der Waals surface area contributed by atoms with E-state index in [9.17, 15) is 0 Å². The Labute approximate surface area is 104 Å².